The van der Waals surface area contributed by atoms with E-state index in [0.29, 0.717) is 47.5 Å². The van der Waals surface area contributed by atoms with Crippen molar-refractivity contribution >= 4 is 23.2 Å². The number of nitrogen functional groups attached to an aromatic ring is 1. The van der Waals surface area contributed by atoms with Gasteiger partial charge in [0.1, 0.15) is 24.4 Å². The number of piperidine rings is 1. The number of nitrogens with one attached hydrogen (secondary N) is 1. The summed E-state index contributed by atoms with van der Waals surface area (Å²) in [5.74, 6) is 5.27. The van der Waals surface area contributed by atoms with Crippen LogP contribution >= 0.6 is 0 Å². The molecule has 37 heavy (non-hydrogen) atoms. The number of nitrogens with two attached hydrogens (primary N) is 1. The topological polar surface area (TPSA) is 168 Å². The smallest absolute Gasteiger partial charge is 0.291 e. The molecule has 12 nitrogen and oxygen atoms in total. The summed E-state index contributed by atoms with van der Waals surface area (Å²) in [4.78, 5) is 39.3. The van der Waals surface area contributed by atoms with E-state index in [1.54, 1.807) is 23.4 Å². The van der Waals surface area contributed by atoms with Crippen LogP contribution in [0.2, 0.25) is 0 Å². The van der Waals surface area contributed by atoms with Crippen LogP contribution in [0.1, 0.15) is 65.0 Å². The van der Waals surface area contributed by atoms with Crippen LogP contribution in [0.25, 0.3) is 16.8 Å². The third-order valence-corrected chi connectivity index (χ3v) is 6.58. The summed E-state index contributed by atoms with van der Waals surface area (Å²) < 4.78 is 1.47. The number of aliphatic hydroxyl groups is 1. The summed E-state index contributed by atoms with van der Waals surface area (Å²) in [5, 5.41) is 20.8. The largest absolute Gasteiger partial charge is 0.384 e. The van der Waals surface area contributed by atoms with Crippen molar-refractivity contribution in [1.29, 1.82) is 0 Å². The Balaban J connectivity index is 1.51. The van der Waals surface area contributed by atoms with Gasteiger partial charge in [0.15, 0.2) is 11.4 Å². The van der Waals surface area contributed by atoms with Gasteiger partial charge in [-0.15, -0.1) is 10.2 Å². The number of amides is 1. The van der Waals surface area contributed by atoms with Crippen molar-refractivity contribution in [2.75, 3.05) is 18.9 Å². The van der Waals surface area contributed by atoms with E-state index in [0.717, 1.165) is 5.56 Å². The van der Waals surface area contributed by atoms with Gasteiger partial charge in [0.2, 0.25) is 5.82 Å². The van der Waals surface area contributed by atoms with Crippen molar-refractivity contribution in [2.45, 2.75) is 38.6 Å². The van der Waals surface area contributed by atoms with Gasteiger partial charge in [0, 0.05) is 35.8 Å². The molecule has 4 aromatic heterocycles. The minimum atomic E-state index is -0.242. The fraction of sp³-hybridized carbons (Fsp3) is 0.320. The molecule has 0 aliphatic carbocycles. The molecule has 0 saturated carbocycles. The van der Waals surface area contributed by atoms with Crippen molar-refractivity contribution in [3.63, 3.8) is 0 Å². The van der Waals surface area contributed by atoms with E-state index in [1.165, 1.54) is 17.8 Å². The zero-order valence-electron chi connectivity index (χ0n) is 20.3. The number of aromatic amines is 1. The molecule has 0 bridgehead atoms. The Morgan fingerprint density at radius 3 is 2.78 bits per heavy atom. The fourth-order valence-electron chi connectivity index (χ4n) is 4.82. The number of ketones is 1. The van der Waals surface area contributed by atoms with Crippen LogP contribution < -0.4 is 5.73 Å². The van der Waals surface area contributed by atoms with Gasteiger partial charge in [0.25, 0.3) is 5.91 Å². The Bertz CT molecular complexity index is 1530. The van der Waals surface area contributed by atoms with Gasteiger partial charge in [-0.1, -0.05) is 5.92 Å². The number of H-pyrrole nitrogens is 1. The Morgan fingerprint density at radius 1 is 1.30 bits per heavy atom. The third-order valence-electron chi connectivity index (χ3n) is 6.58. The summed E-state index contributed by atoms with van der Waals surface area (Å²) in [6, 6.07) is 3.48. The monoisotopic (exact) mass is 499 g/mol. The average molecular weight is 500 g/mol. The number of fused-ring (bicyclic) bond motifs is 1. The SMILES string of the molecule is CC(=O)c1c([C@@H]2CCN(C(=O)c3nnc[nH]3)[C@@H](C)C2)nc2c(-c3ccc(C#CCO)nc3)cnn2c1N. The number of likely N-dealkylation sites (tertiary alicyclic amines) is 1. The Kier molecular flexibility index (Phi) is 6.37. The first-order valence-electron chi connectivity index (χ1n) is 11.8. The van der Waals surface area contributed by atoms with Crippen LogP contribution in [-0.2, 0) is 0 Å². The normalized spacial score (nSPS) is 17.4. The summed E-state index contributed by atoms with van der Waals surface area (Å²) in [7, 11) is 0. The van der Waals surface area contributed by atoms with Gasteiger partial charge in [-0.05, 0) is 44.7 Å². The Labute approximate surface area is 211 Å². The maximum atomic E-state index is 12.8. The Morgan fingerprint density at radius 2 is 2.14 bits per heavy atom. The number of rotatable bonds is 4. The second-order valence-corrected chi connectivity index (χ2v) is 8.91. The molecule has 1 aliphatic heterocycles. The van der Waals surface area contributed by atoms with Crippen LogP contribution in [0.15, 0.2) is 30.9 Å². The van der Waals surface area contributed by atoms with Crippen LogP contribution in [0.4, 0.5) is 5.82 Å². The van der Waals surface area contributed by atoms with E-state index >= 15 is 0 Å². The van der Waals surface area contributed by atoms with Crippen molar-refractivity contribution in [3.05, 3.63) is 53.6 Å². The predicted molar refractivity (Wildman–Crippen MR) is 133 cm³/mol. The zero-order valence-corrected chi connectivity index (χ0v) is 20.3. The molecule has 0 spiro atoms. The number of Topliss-reactive ketones (excluding diaryl/α,β-unsaturated/α-hetero) is 1. The number of hydrogen-bond acceptors (Lipinski definition) is 9. The highest BCUT2D eigenvalue weighted by atomic mass is 16.2. The van der Waals surface area contributed by atoms with Crippen molar-refractivity contribution in [2.24, 2.45) is 0 Å². The number of pyridine rings is 1. The summed E-state index contributed by atoms with van der Waals surface area (Å²) in [5.41, 5.74) is 9.95. The fourth-order valence-corrected chi connectivity index (χ4v) is 4.82. The summed E-state index contributed by atoms with van der Waals surface area (Å²) in [6.07, 6.45) is 5.89. The van der Waals surface area contributed by atoms with Gasteiger partial charge >= 0.3 is 0 Å². The molecule has 0 aromatic carbocycles. The molecule has 0 radical (unpaired) electrons. The van der Waals surface area contributed by atoms with E-state index in [1.807, 2.05) is 13.0 Å². The van der Waals surface area contributed by atoms with Gasteiger partial charge in [-0.2, -0.15) is 9.61 Å². The molecule has 4 aromatic rings. The van der Waals surface area contributed by atoms with Crippen molar-refractivity contribution in [3.8, 4) is 23.0 Å². The second kappa shape index (κ2) is 9.79. The van der Waals surface area contributed by atoms with Crippen LogP contribution in [0.5, 0.6) is 0 Å². The van der Waals surface area contributed by atoms with Gasteiger partial charge < -0.3 is 20.7 Å². The molecule has 4 N–H and O–H groups in total. The molecule has 0 unspecified atom stereocenters. The molecule has 1 saturated heterocycles. The first-order chi connectivity index (χ1) is 17.9. The second-order valence-electron chi connectivity index (χ2n) is 8.91. The first-order valence-corrected chi connectivity index (χ1v) is 11.8. The minimum absolute atomic E-state index is 0.0861. The molecule has 1 fully saturated rings. The minimum Gasteiger partial charge on any atom is -0.384 e. The number of carbonyl (C=O) groups is 2. The number of carbonyl (C=O) groups excluding carboxylic acids is 2. The van der Waals surface area contributed by atoms with Crippen LogP contribution in [-0.4, -0.2) is 75.7 Å². The number of aromatic nitrogens is 7. The van der Waals surface area contributed by atoms with E-state index in [-0.39, 0.29) is 41.9 Å². The number of anilines is 1. The van der Waals surface area contributed by atoms with Crippen LogP contribution in [0, 0.1) is 11.8 Å². The van der Waals surface area contributed by atoms with Gasteiger partial charge in [-0.25, -0.2) is 9.97 Å². The molecule has 188 valence electrons. The van der Waals surface area contributed by atoms with E-state index in [9.17, 15) is 9.59 Å². The summed E-state index contributed by atoms with van der Waals surface area (Å²) in [6.45, 7) is 3.66. The molecular weight excluding hydrogens is 474 g/mol. The predicted octanol–water partition coefficient (Wildman–Crippen LogP) is 1.45. The number of hydrogen-bond donors (Lipinski definition) is 3. The highest BCUT2D eigenvalue weighted by Gasteiger charge is 2.34. The maximum Gasteiger partial charge on any atom is 0.291 e. The lowest BCUT2D eigenvalue weighted by atomic mass is 9.86. The molecule has 5 heterocycles. The summed E-state index contributed by atoms with van der Waals surface area (Å²) >= 11 is 0. The van der Waals surface area contributed by atoms with Crippen molar-refractivity contribution < 1.29 is 14.7 Å². The average Bonchev–Trinajstić information content (AvgIpc) is 3.58. The lowest BCUT2D eigenvalue weighted by Gasteiger charge is -2.37. The molecule has 1 amide bonds. The van der Waals surface area contributed by atoms with E-state index in [2.05, 4.69) is 37.1 Å². The number of nitrogens with zero attached hydrogens (tertiary/aromatic N) is 7. The molecule has 12 heteroatoms. The maximum absolute atomic E-state index is 12.8. The lowest BCUT2D eigenvalue weighted by molar-refractivity contribution is 0.0601. The highest BCUT2D eigenvalue weighted by molar-refractivity contribution is 6.00. The van der Waals surface area contributed by atoms with Crippen LogP contribution in [0.3, 0.4) is 0 Å². The third kappa shape index (κ3) is 4.41. The molecule has 2 atom stereocenters. The Hall–Kier alpha value is -4.63. The lowest BCUT2D eigenvalue weighted by Crippen LogP contribution is -2.44. The quantitative estimate of drug-likeness (QED) is 0.278. The molecule has 5 rings (SSSR count). The molecule has 1 aliphatic rings. The van der Waals surface area contributed by atoms with Gasteiger partial charge in [0.05, 0.1) is 17.5 Å². The van der Waals surface area contributed by atoms with E-state index < -0.39 is 0 Å². The highest BCUT2D eigenvalue weighted by Crippen LogP contribution is 2.36. The van der Waals surface area contributed by atoms with E-state index in [4.69, 9.17) is 15.8 Å². The number of aliphatic hydroxyl groups excluding tert-OH is 1. The zero-order chi connectivity index (χ0) is 26.1. The molecular formula is C25H25N9O3. The first kappa shape index (κ1) is 24.1. The standard InChI is InChI=1S/C25H25N9O3/c1-14-10-16(7-8-33(14)25(37)23-28-13-29-32-23)21-20(15(2)36)22(26)34-24(31-21)19(12-30-34)17-5-6-18(27-11-17)4-3-9-35/h5-6,11-14,16,35H,7-10,26H2,1-2H3,(H,28,29,32)/t14-,16+/m0/s1. The van der Waals surface area contributed by atoms with Gasteiger partial charge in [-0.3, -0.25) is 9.59 Å². The van der Waals surface area contributed by atoms with Crippen molar-refractivity contribution in [1.82, 2.24) is 39.7 Å².